The summed E-state index contributed by atoms with van der Waals surface area (Å²) < 4.78 is 36.0. The molecule has 2 aliphatic heterocycles. The number of aliphatic carboxylic acids is 1. The molecule has 57 heavy (non-hydrogen) atoms. The first-order valence-electron chi connectivity index (χ1n) is 20.6. The number of carbonyl (C=O) groups excluding carboxylic acids is 3. The van der Waals surface area contributed by atoms with E-state index in [2.05, 4.69) is 10.6 Å². The molecule has 2 aliphatic carbocycles. The molecule has 0 aromatic rings. The van der Waals surface area contributed by atoms with E-state index < -0.39 is 104 Å². The van der Waals surface area contributed by atoms with Gasteiger partial charge in [0.05, 0.1) is 31.5 Å². The second-order valence-electron chi connectivity index (χ2n) is 16.1. The van der Waals surface area contributed by atoms with Crippen molar-refractivity contribution in [1.82, 2.24) is 10.6 Å². The summed E-state index contributed by atoms with van der Waals surface area (Å²) in [7, 11) is 1.50. The molecule has 328 valence electrons. The van der Waals surface area contributed by atoms with E-state index in [9.17, 15) is 49.8 Å². The van der Waals surface area contributed by atoms with Crippen LogP contribution in [0.3, 0.4) is 0 Å². The monoisotopic (exact) mass is 818 g/mol. The van der Waals surface area contributed by atoms with Gasteiger partial charge >= 0.3 is 5.97 Å². The van der Waals surface area contributed by atoms with E-state index >= 15 is 0 Å². The van der Waals surface area contributed by atoms with Crippen molar-refractivity contribution in [2.45, 2.75) is 177 Å². The Hall–Kier alpha value is -2.36. The predicted octanol–water partition coefficient (Wildman–Crippen LogP) is -0.0859. The van der Waals surface area contributed by atoms with E-state index in [1.165, 1.54) is 21.0 Å². The van der Waals surface area contributed by atoms with E-state index in [1.807, 2.05) is 6.92 Å². The summed E-state index contributed by atoms with van der Waals surface area (Å²) >= 11 is 0. The Bertz CT molecular complexity index is 1290. The minimum atomic E-state index is -1.64. The number of carboxylic acids is 1. The number of methoxy groups -OCH3 is 1. The molecule has 4 rings (SSSR count). The molecule has 2 heterocycles. The Morgan fingerprint density at radius 3 is 2.23 bits per heavy atom. The van der Waals surface area contributed by atoms with Gasteiger partial charge in [-0.2, -0.15) is 0 Å². The van der Waals surface area contributed by atoms with E-state index in [-0.39, 0.29) is 62.4 Å². The van der Waals surface area contributed by atoms with Gasteiger partial charge in [-0.05, 0) is 44.4 Å². The van der Waals surface area contributed by atoms with Gasteiger partial charge in [0, 0.05) is 39.3 Å². The van der Waals surface area contributed by atoms with Crippen LogP contribution >= 0.6 is 0 Å². The first-order valence-corrected chi connectivity index (χ1v) is 20.6. The molecular formula is C39H66N2O16. The third-order valence-electron chi connectivity index (χ3n) is 11.9. The van der Waals surface area contributed by atoms with Gasteiger partial charge in [-0.15, -0.1) is 0 Å². The Kier molecular flexibility index (Phi) is 19.0. The number of rotatable bonds is 20. The minimum absolute atomic E-state index is 0.0632. The van der Waals surface area contributed by atoms with Gasteiger partial charge in [0.1, 0.15) is 48.4 Å². The second-order valence-corrected chi connectivity index (χ2v) is 16.1. The normalized spacial score (nSPS) is 36.9. The number of ether oxygens (including phenoxy) is 6. The van der Waals surface area contributed by atoms with Crippen LogP contribution in [0.4, 0.5) is 0 Å². The molecule has 15 atom stereocenters. The first-order chi connectivity index (χ1) is 27.2. The molecule has 2 saturated carbocycles. The van der Waals surface area contributed by atoms with Gasteiger partial charge in [0.25, 0.3) is 0 Å². The average molecular weight is 819 g/mol. The zero-order valence-corrected chi connectivity index (χ0v) is 33.6. The van der Waals surface area contributed by atoms with Crippen molar-refractivity contribution < 1.29 is 78.2 Å². The van der Waals surface area contributed by atoms with Crippen molar-refractivity contribution in [3.63, 3.8) is 0 Å². The van der Waals surface area contributed by atoms with Crippen molar-refractivity contribution >= 4 is 23.6 Å². The topological polar surface area (TPSA) is 269 Å². The van der Waals surface area contributed by atoms with Crippen LogP contribution in [0.15, 0.2) is 0 Å². The molecule has 8 N–H and O–H groups in total. The maximum absolute atomic E-state index is 13.8. The van der Waals surface area contributed by atoms with E-state index in [0.29, 0.717) is 19.3 Å². The SMILES string of the molecule is CC[C@@H]1CC(C(=O)CCCNC(=O)CCOC)C[C@@H](O[C@@H]2O[C@@H](CO)[C@H](O)C(O[C@@H](CC3CCCCC3)C(=O)O)C2NC(C)=O)C1OC1O[C@@H](C)C(O)[C@H](O)[C@@H]1O. The van der Waals surface area contributed by atoms with Crippen molar-refractivity contribution in [2.75, 3.05) is 26.9 Å². The van der Waals surface area contributed by atoms with Crippen molar-refractivity contribution in [1.29, 1.82) is 0 Å². The maximum Gasteiger partial charge on any atom is 0.332 e. The number of ketones is 1. The number of amides is 2. The molecule has 4 aliphatic rings. The van der Waals surface area contributed by atoms with Gasteiger partial charge in [0.2, 0.25) is 11.8 Å². The number of nitrogens with one attached hydrogen (secondary N) is 2. The molecule has 2 saturated heterocycles. The summed E-state index contributed by atoms with van der Waals surface area (Å²) in [5.74, 6) is -2.95. The molecular weight excluding hydrogens is 752 g/mol. The molecule has 0 aromatic heterocycles. The fraction of sp³-hybridized carbons (Fsp3) is 0.897. The number of aliphatic hydroxyl groups is 5. The van der Waals surface area contributed by atoms with Crippen LogP contribution in [0.5, 0.6) is 0 Å². The summed E-state index contributed by atoms with van der Waals surface area (Å²) in [5, 5.41) is 69.3. The summed E-state index contributed by atoms with van der Waals surface area (Å²) in [4.78, 5) is 51.0. The predicted molar refractivity (Wildman–Crippen MR) is 199 cm³/mol. The second kappa shape index (κ2) is 22.9. The molecule has 4 fully saturated rings. The van der Waals surface area contributed by atoms with Gasteiger partial charge in [-0.25, -0.2) is 4.79 Å². The first kappa shape index (κ1) is 47.3. The molecule has 18 heteroatoms. The minimum Gasteiger partial charge on any atom is -0.479 e. The highest BCUT2D eigenvalue weighted by Gasteiger charge is 2.52. The molecule has 0 radical (unpaired) electrons. The lowest BCUT2D eigenvalue weighted by Gasteiger charge is -2.49. The molecule has 0 aromatic carbocycles. The third kappa shape index (κ3) is 13.1. The number of hydrogen-bond acceptors (Lipinski definition) is 15. The Balaban J connectivity index is 1.62. The highest BCUT2D eigenvalue weighted by Crippen LogP contribution is 2.40. The molecule has 6 unspecified atom stereocenters. The molecule has 18 nitrogen and oxygen atoms in total. The standard InChI is InChI=1S/C39H66N2O16/c1-5-23-17-24(25(44)12-9-14-40-29(45)13-15-52-4)18-26(35(23)57-39-34(49)33(48)31(46)20(2)53-39)55-38-30(41-21(3)43)36(32(47)28(19-42)56-38)54-27(37(50)51)16-22-10-7-6-8-11-22/h20,22-24,26-28,30-36,38-39,42,46-49H,5-19H2,1-4H3,(H,40,45)(H,41,43)(H,50,51)/t20-,23+,24?,26+,27-,28-,30?,31?,32-,33-,34-,35?,36?,38+,39?/m0/s1. The summed E-state index contributed by atoms with van der Waals surface area (Å²) in [6.07, 6.45) is -9.51. The van der Waals surface area contributed by atoms with E-state index in [4.69, 9.17) is 28.4 Å². The van der Waals surface area contributed by atoms with Gasteiger partial charge in [-0.3, -0.25) is 14.4 Å². The van der Waals surface area contributed by atoms with Crippen LogP contribution in [0.25, 0.3) is 0 Å². The van der Waals surface area contributed by atoms with Crippen LogP contribution in [0.2, 0.25) is 0 Å². The highest BCUT2D eigenvalue weighted by atomic mass is 16.7. The summed E-state index contributed by atoms with van der Waals surface area (Å²) in [6.45, 7) is 4.48. The van der Waals surface area contributed by atoms with Crippen LogP contribution in [0.1, 0.15) is 97.8 Å². The average Bonchev–Trinajstić information content (AvgIpc) is 3.19. The molecule has 0 spiro atoms. The zero-order chi connectivity index (χ0) is 41.8. The number of Topliss-reactive ketones (excluding diaryl/α,β-unsaturated/α-hetero) is 1. The van der Waals surface area contributed by atoms with Crippen molar-refractivity contribution in [2.24, 2.45) is 17.8 Å². The van der Waals surface area contributed by atoms with Crippen LogP contribution in [-0.2, 0) is 47.6 Å². The fourth-order valence-electron chi connectivity index (χ4n) is 8.60. The van der Waals surface area contributed by atoms with E-state index in [0.717, 1.165) is 32.1 Å². The quantitative estimate of drug-likeness (QED) is 0.0747. The smallest absolute Gasteiger partial charge is 0.332 e. The lowest BCUT2D eigenvalue weighted by molar-refractivity contribution is -0.338. The Morgan fingerprint density at radius 2 is 1.60 bits per heavy atom. The summed E-state index contributed by atoms with van der Waals surface area (Å²) in [5.41, 5.74) is 0. The highest BCUT2D eigenvalue weighted by molar-refractivity contribution is 5.81. The van der Waals surface area contributed by atoms with Gasteiger partial charge in [0.15, 0.2) is 18.7 Å². The molecule has 0 bridgehead atoms. The zero-order valence-electron chi connectivity index (χ0n) is 33.6. The third-order valence-corrected chi connectivity index (χ3v) is 11.9. The lowest BCUT2D eigenvalue weighted by Crippen LogP contribution is -2.67. The number of aliphatic hydroxyl groups excluding tert-OH is 5. The van der Waals surface area contributed by atoms with Crippen molar-refractivity contribution in [3.05, 3.63) is 0 Å². The largest absolute Gasteiger partial charge is 0.479 e. The van der Waals surface area contributed by atoms with Crippen LogP contribution in [-0.4, -0.2) is 161 Å². The molecule has 2 amide bonds. The Labute approximate surface area is 334 Å². The lowest BCUT2D eigenvalue weighted by atomic mass is 9.74. The van der Waals surface area contributed by atoms with Crippen molar-refractivity contribution in [3.8, 4) is 0 Å². The van der Waals surface area contributed by atoms with Crippen LogP contribution in [0, 0.1) is 17.8 Å². The number of carbonyl (C=O) groups is 4. The van der Waals surface area contributed by atoms with Crippen LogP contribution < -0.4 is 10.6 Å². The van der Waals surface area contributed by atoms with Gasteiger partial charge in [-0.1, -0.05) is 45.4 Å². The number of hydrogen-bond donors (Lipinski definition) is 8. The van der Waals surface area contributed by atoms with E-state index in [1.54, 1.807) is 0 Å². The fourth-order valence-corrected chi connectivity index (χ4v) is 8.60. The number of carboxylic acid groups (broad SMARTS) is 1. The Morgan fingerprint density at radius 1 is 0.877 bits per heavy atom. The maximum atomic E-state index is 13.8. The van der Waals surface area contributed by atoms with Gasteiger partial charge < -0.3 is 69.7 Å². The summed E-state index contributed by atoms with van der Waals surface area (Å²) in [6, 6.07) is -1.29.